The largest absolute Gasteiger partial charge is 0.420 e. The van der Waals surface area contributed by atoms with Gasteiger partial charge in [0.1, 0.15) is 16.3 Å². The Morgan fingerprint density at radius 1 is 1.17 bits per heavy atom. The molecule has 4 aliphatic rings. The van der Waals surface area contributed by atoms with Crippen molar-refractivity contribution in [2.45, 2.75) is 48.8 Å². The van der Waals surface area contributed by atoms with E-state index in [1.807, 2.05) is 12.1 Å². The highest BCUT2D eigenvalue weighted by molar-refractivity contribution is 7.99. The van der Waals surface area contributed by atoms with Crippen LogP contribution < -0.4 is 15.5 Å². The summed E-state index contributed by atoms with van der Waals surface area (Å²) in [4.78, 5) is 32.2. The highest BCUT2D eigenvalue weighted by atomic mass is 32.2. The highest BCUT2D eigenvalue weighted by Gasteiger charge is 2.38. The van der Waals surface area contributed by atoms with E-state index in [0.29, 0.717) is 52.9 Å². The molecule has 1 atom stereocenters. The fourth-order valence-corrected chi connectivity index (χ4v) is 7.81. The quantitative estimate of drug-likeness (QED) is 0.397. The van der Waals surface area contributed by atoms with Crippen LogP contribution in [-0.4, -0.2) is 83.0 Å². The number of pyridine rings is 1. The first-order valence-electron chi connectivity index (χ1n) is 14.1. The van der Waals surface area contributed by atoms with E-state index >= 15 is 0 Å². The summed E-state index contributed by atoms with van der Waals surface area (Å²) in [6.45, 7) is 6.28. The van der Waals surface area contributed by atoms with Gasteiger partial charge in [0.2, 0.25) is 5.95 Å². The van der Waals surface area contributed by atoms with Crippen LogP contribution in [0.1, 0.15) is 46.6 Å². The lowest BCUT2D eigenvalue weighted by atomic mass is 10.2. The van der Waals surface area contributed by atoms with E-state index in [1.165, 1.54) is 11.8 Å². The van der Waals surface area contributed by atoms with Crippen LogP contribution in [0.3, 0.4) is 0 Å². The fraction of sp³-hybridized carbons (Fsp3) is 0.500. The van der Waals surface area contributed by atoms with E-state index in [-0.39, 0.29) is 28.5 Å². The second-order valence-electron chi connectivity index (χ2n) is 11.1. The normalized spacial score (nSPS) is 21.6. The number of aromatic nitrogens is 3. The summed E-state index contributed by atoms with van der Waals surface area (Å²) in [7, 11) is 0. The zero-order chi connectivity index (χ0) is 29.0. The third-order valence-electron chi connectivity index (χ3n) is 7.94. The van der Waals surface area contributed by atoms with Crippen molar-refractivity contribution in [1.82, 2.24) is 25.2 Å². The number of hydrogen-bond acceptors (Lipinski definition) is 10. The SMILES string of the molecule is C[C@@H]1CN(c2ccc(Nc3ncc(C(F)(F)F)c(-c4cc5c(s4)C(=O)N(C4COC4)CCS5)n3)c(C3CC3)n2)CCN1. The summed E-state index contributed by atoms with van der Waals surface area (Å²) in [5.74, 6) is 1.74. The number of thioether (sulfide) groups is 1. The van der Waals surface area contributed by atoms with Crippen molar-refractivity contribution in [2.75, 3.05) is 55.4 Å². The van der Waals surface area contributed by atoms with Crippen LogP contribution in [0.25, 0.3) is 10.6 Å². The van der Waals surface area contributed by atoms with Crippen LogP contribution in [0.5, 0.6) is 0 Å². The van der Waals surface area contributed by atoms with E-state index in [1.54, 1.807) is 11.0 Å². The molecule has 2 saturated heterocycles. The molecule has 0 radical (unpaired) electrons. The summed E-state index contributed by atoms with van der Waals surface area (Å²) in [6.07, 6.45) is -1.81. The molecule has 0 spiro atoms. The molecule has 0 unspecified atom stereocenters. The summed E-state index contributed by atoms with van der Waals surface area (Å²) < 4.78 is 47.7. The highest BCUT2D eigenvalue weighted by Crippen LogP contribution is 2.45. The van der Waals surface area contributed by atoms with Crippen molar-refractivity contribution in [3.63, 3.8) is 0 Å². The molecule has 3 aromatic heterocycles. The number of thiophene rings is 1. The van der Waals surface area contributed by atoms with Gasteiger partial charge < -0.3 is 25.2 Å². The third kappa shape index (κ3) is 5.45. The molecular formula is C28H30F3N7O2S2. The fourth-order valence-electron chi connectivity index (χ4n) is 5.50. The van der Waals surface area contributed by atoms with Crippen molar-refractivity contribution < 1.29 is 22.7 Å². The van der Waals surface area contributed by atoms with Gasteiger partial charge in [0, 0.05) is 55.0 Å². The second-order valence-corrected chi connectivity index (χ2v) is 13.3. The maximum Gasteiger partial charge on any atom is 0.420 e. The van der Waals surface area contributed by atoms with Crippen LogP contribution in [-0.2, 0) is 10.9 Å². The van der Waals surface area contributed by atoms with Crippen LogP contribution >= 0.6 is 23.1 Å². The number of carbonyl (C=O) groups is 1. The molecule has 7 rings (SSSR count). The number of alkyl halides is 3. The molecule has 3 fully saturated rings. The number of nitrogens with one attached hydrogen (secondary N) is 2. The average Bonchev–Trinajstić information content (AvgIpc) is 3.71. The van der Waals surface area contributed by atoms with Crippen molar-refractivity contribution >= 4 is 46.5 Å². The van der Waals surface area contributed by atoms with E-state index < -0.39 is 11.7 Å². The number of hydrogen-bond donors (Lipinski definition) is 2. The van der Waals surface area contributed by atoms with Gasteiger partial charge in [0.05, 0.1) is 41.2 Å². The van der Waals surface area contributed by atoms with Crippen LogP contribution in [0.4, 0.5) is 30.6 Å². The molecule has 42 heavy (non-hydrogen) atoms. The topological polar surface area (TPSA) is 95.5 Å². The summed E-state index contributed by atoms with van der Waals surface area (Å²) in [6, 6.07) is 5.88. The van der Waals surface area contributed by atoms with Crippen LogP contribution in [0.15, 0.2) is 29.3 Å². The summed E-state index contributed by atoms with van der Waals surface area (Å²) in [5, 5.41) is 6.60. The molecule has 14 heteroatoms. The van der Waals surface area contributed by atoms with Gasteiger partial charge in [0.15, 0.2) is 0 Å². The number of piperazine rings is 1. The Hall–Kier alpha value is -2.94. The monoisotopic (exact) mass is 617 g/mol. The molecule has 222 valence electrons. The molecule has 1 saturated carbocycles. The number of ether oxygens (including phenoxy) is 1. The van der Waals surface area contributed by atoms with Gasteiger partial charge >= 0.3 is 6.18 Å². The number of rotatable bonds is 6. The predicted octanol–water partition coefficient (Wildman–Crippen LogP) is 4.98. The molecule has 1 aliphatic carbocycles. The summed E-state index contributed by atoms with van der Waals surface area (Å²) >= 11 is 2.53. The van der Waals surface area contributed by atoms with Crippen molar-refractivity contribution in [2.24, 2.45) is 0 Å². The molecule has 0 aromatic carbocycles. The zero-order valence-electron chi connectivity index (χ0n) is 22.9. The van der Waals surface area contributed by atoms with Gasteiger partial charge in [0.25, 0.3) is 5.91 Å². The molecule has 9 nitrogen and oxygen atoms in total. The average molecular weight is 618 g/mol. The first kappa shape index (κ1) is 27.9. The molecule has 6 heterocycles. The number of fused-ring (bicyclic) bond motifs is 1. The number of amides is 1. The first-order chi connectivity index (χ1) is 20.2. The van der Waals surface area contributed by atoms with Crippen molar-refractivity contribution in [1.29, 1.82) is 0 Å². The zero-order valence-corrected chi connectivity index (χ0v) is 24.5. The maximum absolute atomic E-state index is 14.2. The van der Waals surface area contributed by atoms with Gasteiger partial charge in [-0.15, -0.1) is 23.1 Å². The summed E-state index contributed by atoms with van der Waals surface area (Å²) in [5.41, 5.74) is 0.405. The Balaban J connectivity index is 1.21. The van der Waals surface area contributed by atoms with Gasteiger partial charge in [-0.25, -0.2) is 15.0 Å². The van der Waals surface area contributed by atoms with Crippen molar-refractivity contribution in [3.8, 4) is 10.6 Å². The molecular weight excluding hydrogens is 587 g/mol. The molecule has 2 N–H and O–H groups in total. The molecule has 3 aromatic rings. The lowest BCUT2D eigenvalue weighted by Gasteiger charge is -2.36. The van der Waals surface area contributed by atoms with Crippen molar-refractivity contribution in [3.05, 3.63) is 40.5 Å². The first-order valence-corrected chi connectivity index (χ1v) is 15.9. The Bertz CT molecular complexity index is 1510. The number of halogens is 3. The number of nitrogens with zero attached hydrogens (tertiary/aromatic N) is 5. The maximum atomic E-state index is 14.2. The second kappa shape index (κ2) is 11.0. The van der Waals surface area contributed by atoms with E-state index in [9.17, 15) is 18.0 Å². The Morgan fingerprint density at radius 3 is 2.71 bits per heavy atom. The molecule has 3 aliphatic heterocycles. The van der Waals surface area contributed by atoms with E-state index in [4.69, 9.17) is 9.72 Å². The smallest absolute Gasteiger partial charge is 0.377 e. The van der Waals surface area contributed by atoms with Gasteiger partial charge in [-0.3, -0.25) is 4.79 Å². The minimum atomic E-state index is -4.66. The lowest BCUT2D eigenvalue weighted by molar-refractivity contribution is -0.137. The minimum absolute atomic E-state index is 0.00540. The Kier molecular flexibility index (Phi) is 7.27. The van der Waals surface area contributed by atoms with Gasteiger partial charge in [-0.05, 0) is 38.0 Å². The van der Waals surface area contributed by atoms with Crippen LogP contribution in [0, 0.1) is 0 Å². The Labute approximate surface area is 249 Å². The standard InChI is InChI=1S/C28H30F3N7O2S2/c1-15-12-37(7-6-32-15)22-5-4-19(23(35-22)16-2-3-16)34-27-33-11-18(28(29,30)31)24(36-27)20-10-21-25(42-20)26(39)38(8-9-41-21)17-13-40-14-17/h4-5,10-11,15-17,32H,2-3,6-9,12-14H2,1H3,(H,33,34,36)/t15-/m1/s1. The Morgan fingerprint density at radius 2 is 2.00 bits per heavy atom. The predicted molar refractivity (Wildman–Crippen MR) is 156 cm³/mol. The van der Waals surface area contributed by atoms with Crippen LogP contribution in [0.2, 0.25) is 0 Å². The number of anilines is 3. The third-order valence-corrected chi connectivity index (χ3v) is 10.2. The van der Waals surface area contributed by atoms with Gasteiger partial charge in [-0.1, -0.05) is 0 Å². The van der Waals surface area contributed by atoms with E-state index in [2.05, 4.69) is 32.4 Å². The minimum Gasteiger partial charge on any atom is -0.377 e. The lowest BCUT2D eigenvalue weighted by Crippen LogP contribution is -2.52. The molecule has 1 amide bonds. The van der Waals surface area contributed by atoms with E-state index in [0.717, 1.165) is 61.5 Å². The van der Waals surface area contributed by atoms with Gasteiger partial charge in [-0.2, -0.15) is 13.2 Å². The molecule has 0 bridgehead atoms. The number of carbonyl (C=O) groups excluding carboxylic acids is 1.